The van der Waals surface area contributed by atoms with E-state index < -0.39 is 0 Å². The molecule has 0 aliphatic rings. The van der Waals surface area contributed by atoms with Gasteiger partial charge in [-0.1, -0.05) is 302 Å². The molecular weight excluding hydrogens is 1230 g/mol. The molecule has 445 valence electrons. The van der Waals surface area contributed by atoms with Gasteiger partial charge in [-0.25, -0.2) is 14.4 Å². The smallest absolute Gasteiger partial charge is 0.343 e. The molecule has 0 aliphatic carbocycles. The molecule has 7 aromatic carbocycles. The van der Waals surface area contributed by atoms with E-state index in [1.54, 1.807) is 72.8 Å². The van der Waals surface area contributed by atoms with Crippen LogP contribution in [-0.4, -0.2) is 32.1 Å². The summed E-state index contributed by atoms with van der Waals surface area (Å²) in [4.78, 5) is 33.2. The number of rotatable bonds is 4. The molecule has 0 saturated carbocycles. The van der Waals surface area contributed by atoms with E-state index in [2.05, 4.69) is 141 Å². The minimum atomic E-state index is -0.332. The van der Waals surface area contributed by atoms with Gasteiger partial charge in [0, 0.05) is 98.1 Å². The first kappa shape index (κ1) is 99.6. The minimum Gasteiger partial charge on any atom is -0.465 e. The fourth-order valence-electron chi connectivity index (χ4n) is 4.13. The predicted octanol–water partition coefficient (Wildman–Crippen LogP) is 22.1. The number of fused-ring (bicyclic) bond motifs is 1. The molecule has 3 radical (unpaired) electrons. The van der Waals surface area contributed by atoms with Crippen molar-refractivity contribution in [2.24, 2.45) is 16.2 Å². The average Bonchev–Trinajstić information content (AvgIpc) is 3.46. The SMILES string of the molecule is CC.CC.CC.CCC(C)(C)C.CCC(C)(C)C.CCC(C)(C)C.COC(=O)c1ccccc1.COC(=O)c1ccccc1.O=C(Oc1ccccc1)c1ccccc1.[CH3-].[CH3-].[CH3-].[Y].[Y].[Y].c1ccc2ccccc2c1.c1ccccc1. The second kappa shape index (κ2) is 65.7. The Hall–Kier alpha value is -3.48. The van der Waals surface area contributed by atoms with E-state index in [1.807, 2.05) is 126 Å². The molecule has 0 aromatic heterocycles. The largest absolute Gasteiger partial charge is 0.465 e. The maximum atomic E-state index is 11.6. The Kier molecular flexibility index (Phi) is 80.7. The van der Waals surface area contributed by atoms with E-state index >= 15 is 0 Å². The fraction of sp³-hybridized carbons (Fsp3) is 0.361. The summed E-state index contributed by atoms with van der Waals surface area (Å²) < 4.78 is 14.2. The van der Waals surface area contributed by atoms with Crippen LogP contribution in [0.5, 0.6) is 5.75 Å². The normalized spacial score (nSPS) is 8.69. The van der Waals surface area contributed by atoms with Crippen molar-refractivity contribution in [2.45, 2.75) is 144 Å². The zero-order valence-corrected chi connectivity index (χ0v) is 63.4. The van der Waals surface area contributed by atoms with Crippen molar-refractivity contribution in [1.82, 2.24) is 0 Å². The van der Waals surface area contributed by atoms with Gasteiger partial charge in [0.15, 0.2) is 0 Å². The monoisotopic (exact) mass is 1340 g/mol. The number of para-hydroxylation sites is 1. The van der Waals surface area contributed by atoms with Gasteiger partial charge in [-0.2, -0.15) is 0 Å². The second-order valence-corrected chi connectivity index (χ2v) is 19.0. The Morgan fingerprint density at radius 1 is 0.309 bits per heavy atom. The third kappa shape index (κ3) is 63.9. The van der Waals surface area contributed by atoms with Crippen LogP contribution in [0.1, 0.15) is 175 Å². The van der Waals surface area contributed by atoms with Crippen molar-refractivity contribution in [3.05, 3.63) is 245 Å². The molecule has 9 heteroatoms. The number of carbonyl (C=O) groups excluding carboxylic acids is 3. The van der Waals surface area contributed by atoms with Crippen LogP contribution < -0.4 is 4.74 Å². The summed E-state index contributed by atoms with van der Waals surface area (Å²) in [6.45, 7) is 38.8. The van der Waals surface area contributed by atoms with Crippen LogP contribution >= 0.6 is 0 Å². The van der Waals surface area contributed by atoms with E-state index in [1.165, 1.54) is 44.3 Å². The third-order valence-electron chi connectivity index (χ3n) is 9.86. The molecule has 81 heavy (non-hydrogen) atoms. The van der Waals surface area contributed by atoms with Crippen molar-refractivity contribution >= 4 is 28.7 Å². The molecule has 0 N–H and O–H groups in total. The molecule has 0 saturated heterocycles. The zero-order valence-electron chi connectivity index (χ0n) is 54.9. The molecule has 6 nitrogen and oxygen atoms in total. The van der Waals surface area contributed by atoms with E-state index in [-0.39, 0.29) is 138 Å². The molecule has 0 fully saturated rings. The summed E-state index contributed by atoms with van der Waals surface area (Å²) in [5.74, 6) is -0.352. The summed E-state index contributed by atoms with van der Waals surface area (Å²) in [6, 6.07) is 64.4. The Labute approximate surface area is 574 Å². The molecule has 0 atom stereocenters. The van der Waals surface area contributed by atoms with Crippen LogP contribution in [0, 0.1) is 38.5 Å². The van der Waals surface area contributed by atoms with Gasteiger partial charge in [0.25, 0.3) is 0 Å². The van der Waals surface area contributed by atoms with Gasteiger partial charge >= 0.3 is 17.9 Å². The topological polar surface area (TPSA) is 78.9 Å². The first-order valence-corrected chi connectivity index (χ1v) is 26.7. The number of hydrogen-bond donors (Lipinski definition) is 0. The van der Waals surface area contributed by atoms with Crippen LogP contribution in [0.2, 0.25) is 0 Å². The molecule has 0 aliphatic heterocycles. The number of carbonyl (C=O) groups is 3. The Morgan fingerprint density at radius 3 is 0.654 bits per heavy atom. The number of benzene rings is 7. The summed E-state index contributed by atoms with van der Waals surface area (Å²) in [5, 5.41) is 2.62. The summed E-state index contributed by atoms with van der Waals surface area (Å²) in [5.41, 5.74) is 3.36. The first-order chi connectivity index (χ1) is 35.7. The van der Waals surface area contributed by atoms with Gasteiger partial charge in [0.2, 0.25) is 0 Å². The van der Waals surface area contributed by atoms with Gasteiger partial charge in [0.05, 0.1) is 30.9 Å². The maximum Gasteiger partial charge on any atom is 0.343 e. The van der Waals surface area contributed by atoms with E-state index in [9.17, 15) is 14.4 Å². The quantitative estimate of drug-likeness (QED) is 0.0993. The average molecular weight is 1340 g/mol. The molecule has 0 unspecified atom stereocenters. The van der Waals surface area contributed by atoms with Crippen molar-refractivity contribution < 1.29 is 127 Å². The summed E-state index contributed by atoms with van der Waals surface area (Å²) in [6.07, 6.45) is 3.81. The Morgan fingerprint density at radius 2 is 0.469 bits per heavy atom. The minimum absolute atomic E-state index is 0. The van der Waals surface area contributed by atoms with Crippen LogP contribution in [0.3, 0.4) is 0 Å². The van der Waals surface area contributed by atoms with Gasteiger partial charge < -0.3 is 36.5 Å². The molecule has 0 heterocycles. The summed E-state index contributed by atoms with van der Waals surface area (Å²) in [7, 11) is 2.74. The number of methoxy groups -OCH3 is 2. The molecular formula is C72H109O6Y3-3. The van der Waals surface area contributed by atoms with E-state index in [4.69, 9.17) is 4.74 Å². The molecule has 7 aromatic rings. The Bertz CT molecular complexity index is 2150. The standard InChI is InChI=1S/C13H10O2.C10H8.2C8H8O2.C6H6.3C6H14.3C2H6.3CH3.3Y/c14-13(11-7-3-1-4-8-11)15-12-9-5-2-6-10-12;1-2-6-10-8-4-3-7-9(10)5-1;2*1-10-8(9)7-5-3-2-4-6-7;1-2-4-6-5-3-1;3*1-5-6(2,3)4;3*1-2;;;;;;/h1-10H;1-8H;2*2-6H,1H3;1-6H;3*5H2,1-4H3;3*1-2H3;3*1H3;;;/q;;;;;;;;;;;3*-1;;;. The van der Waals surface area contributed by atoms with E-state index in [0.29, 0.717) is 38.7 Å². The van der Waals surface area contributed by atoms with Crippen molar-refractivity contribution in [1.29, 1.82) is 0 Å². The summed E-state index contributed by atoms with van der Waals surface area (Å²) >= 11 is 0. The maximum absolute atomic E-state index is 11.6. The molecule has 7 rings (SSSR count). The third-order valence-corrected chi connectivity index (χ3v) is 9.86. The number of ether oxygens (including phenoxy) is 3. The number of esters is 3. The van der Waals surface area contributed by atoms with E-state index in [0.717, 1.165) is 0 Å². The molecule has 0 bridgehead atoms. The van der Waals surface area contributed by atoms with Crippen molar-refractivity contribution in [2.75, 3.05) is 14.2 Å². The molecule has 0 amide bonds. The van der Waals surface area contributed by atoms with Crippen molar-refractivity contribution in [3.63, 3.8) is 0 Å². The van der Waals surface area contributed by atoms with Gasteiger partial charge in [0.1, 0.15) is 5.75 Å². The van der Waals surface area contributed by atoms with Gasteiger partial charge in [-0.15, -0.1) is 0 Å². The Balaban J connectivity index is -0.0000000885. The van der Waals surface area contributed by atoms with Crippen molar-refractivity contribution in [3.8, 4) is 5.75 Å². The van der Waals surface area contributed by atoms with Crippen LogP contribution in [-0.2, 0) is 108 Å². The van der Waals surface area contributed by atoms with Gasteiger partial charge in [-0.3, -0.25) is 0 Å². The van der Waals surface area contributed by atoms with Crippen LogP contribution in [0.15, 0.2) is 206 Å². The fourth-order valence-corrected chi connectivity index (χ4v) is 4.13. The second-order valence-electron chi connectivity index (χ2n) is 19.0. The predicted molar refractivity (Wildman–Crippen MR) is 346 cm³/mol. The zero-order chi connectivity index (χ0) is 58.0. The first-order valence-electron chi connectivity index (χ1n) is 26.7. The number of hydrogen-bond acceptors (Lipinski definition) is 6. The van der Waals surface area contributed by atoms with Crippen LogP contribution in [0.4, 0.5) is 0 Å². The van der Waals surface area contributed by atoms with Crippen LogP contribution in [0.25, 0.3) is 10.8 Å². The van der Waals surface area contributed by atoms with Gasteiger partial charge in [-0.05, 0) is 75.5 Å². The molecule has 0 spiro atoms.